The Morgan fingerprint density at radius 2 is 1.88 bits per heavy atom. The van der Waals surface area contributed by atoms with Gasteiger partial charge in [-0.15, -0.1) is 0 Å². The van der Waals surface area contributed by atoms with Crippen LogP contribution in [0.3, 0.4) is 0 Å². The fourth-order valence-corrected chi connectivity index (χ4v) is 2.22. The van der Waals surface area contributed by atoms with Crippen molar-refractivity contribution < 1.29 is 14.7 Å². The molecule has 1 heterocycles. The molecule has 1 aromatic carbocycles. The van der Waals surface area contributed by atoms with Gasteiger partial charge in [-0.1, -0.05) is 25.1 Å². The maximum atomic E-state index is 12.7. The monoisotopic (exact) mass is 329 g/mol. The first-order valence-corrected chi connectivity index (χ1v) is 7.62. The Morgan fingerprint density at radius 1 is 1.21 bits per heavy atom. The number of hydrogen-bond donors (Lipinski definition) is 1. The molecule has 0 aliphatic rings. The lowest BCUT2D eigenvalue weighted by Gasteiger charge is -2.26. The SMILES string of the molecule is CCC(C)N(CC(=O)O)C(=O)c1ccc(=O)n(-c2ccccc2)n1. The maximum absolute atomic E-state index is 12.7. The van der Waals surface area contributed by atoms with E-state index in [0.717, 1.165) is 4.68 Å². The molecule has 1 N–H and O–H groups in total. The van der Waals surface area contributed by atoms with E-state index in [9.17, 15) is 14.4 Å². The minimum absolute atomic E-state index is 0.0278. The van der Waals surface area contributed by atoms with Crippen LogP contribution in [0.1, 0.15) is 30.8 Å². The Labute approximate surface area is 139 Å². The summed E-state index contributed by atoms with van der Waals surface area (Å²) in [5.41, 5.74) is 0.191. The summed E-state index contributed by atoms with van der Waals surface area (Å²) in [6.45, 7) is 3.22. The van der Waals surface area contributed by atoms with E-state index in [2.05, 4.69) is 5.10 Å². The van der Waals surface area contributed by atoms with Gasteiger partial charge in [-0.2, -0.15) is 9.78 Å². The van der Waals surface area contributed by atoms with Gasteiger partial charge in [0.2, 0.25) is 0 Å². The second-order valence-corrected chi connectivity index (χ2v) is 5.39. The van der Waals surface area contributed by atoms with Crippen LogP contribution < -0.4 is 5.56 Å². The van der Waals surface area contributed by atoms with Crippen molar-refractivity contribution in [1.82, 2.24) is 14.7 Å². The Kier molecular flexibility index (Phi) is 5.47. The van der Waals surface area contributed by atoms with Crippen molar-refractivity contribution in [1.29, 1.82) is 0 Å². The maximum Gasteiger partial charge on any atom is 0.323 e. The molecule has 0 saturated heterocycles. The van der Waals surface area contributed by atoms with Crippen molar-refractivity contribution in [3.8, 4) is 5.69 Å². The Balaban J connectivity index is 2.42. The second-order valence-electron chi connectivity index (χ2n) is 5.39. The minimum atomic E-state index is -1.10. The van der Waals surface area contributed by atoms with Gasteiger partial charge in [-0.3, -0.25) is 14.4 Å². The highest BCUT2D eigenvalue weighted by molar-refractivity contribution is 5.94. The van der Waals surface area contributed by atoms with E-state index in [4.69, 9.17) is 5.11 Å². The number of aliphatic carboxylic acids is 1. The van der Waals surface area contributed by atoms with Gasteiger partial charge in [0.1, 0.15) is 12.2 Å². The van der Waals surface area contributed by atoms with Crippen LogP contribution in [0, 0.1) is 0 Å². The van der Waals surface area contributed by atoms with Crippen LogP contribution in [0.25, 0.3) is 5.69 Å². The van der Waals surface area contributed by atoms with Crippen molar-refractivity contribution in [2.24, 2.45) is 0 Å². The van der Waals surface area contributed by atoms with Gasteiger partial charge in [-0.05, 0) is 31.5 Å². The molecule has 0 bridgehead atoms. The first kappa shape index (κ1) is 17.4. The van der Waals surface area contributed by atoms with Crippen LogP contribution in [0.5, 0.6) is 0 Å². The van der Waals surface area contributed by atoms with E-state index in [1.165, 1.54) is 17.0 Å². The van der Waals surface area contributed by atoms with Crippen LogP contribution in [0.15, 0.2) is 47.3 Å². The van der Waals surface area contributed by atoms with Crippen molar-refractivity contribution in [3.05, 3.63) is 58.5 Å². The highest BCUT2D eigenvalue weighted by Crippen LogP contribution is 2.10. The molecule has 1 unspecified atom stereocenters. The van der Waals surface area contributed by atoms with Crippen molar-refractivity contribution in [2.45, 2.75) is 26.3 Å². The minimum Gasteiger partial charge on any atom is -0.480 e. The van der Waals surface area contributed by atoms with E-state index < -0.39 is 18.4 Å². The average molecular weight is 329 g/mol. The quantitative estimate of drug-likeness (QED) is 0.868. The number of hydrogen-bond acceptors (Lipinski definition) is 4. The molecule has 0 spiro atoms. The van der Waals surface area contributed by atoms with Crippen molar-refractivity contribution in [2.75, 3.05) is 6.54 Å². The number of nitrogens with zero attached hydrogens (tertiary/aromatic N) is 3. The van der Waals surface area contributed by atoms with E-state index >= 15 is 0 Å². The zero-order valence-electron chi connectivity index (χ0n) is 13.5. The van der Waals surface area contributed by atoms with E-state index in [1.54, 1.807) is 37.3 Å². The zero-order valence-corrected chi connectivity index (χ0v) is 13.5. The van der Waals surface area contributed by atoms with Crippen LogP contribution in [-0.2, 0) is 4.79 Å². The molecule has 24 heavy (non-hydrogen) atoms. The van der Waals surface area contributed by atoms with E-state index in [1.807, 2.05) is 6.92 Å². The standard InChI is InChI=1S/C17H19N3O4/c1-3-12(2)19(11-16(22)23)17(24)14-9-10-15(21)20(18-14)13-7-5-4-6-8-13/h4-10,12H,3,11H2,1-2H3,(H,22,23). The molecular formula is C17H19N3O4. The lowest BCUT2D eigenvalue weighted by Crippen LogP contribution is -2.42. The summed E-state index contributed by atoms with van der Waals surface area (Å²) in [5.74, 6) is -1.61. The summed E-state index contributed by atoms with van der Waals surface area (Å²) in [6.07, 6.45) is 0.608. The highest BCUT2D eigenvalue weighted by atomic mass is 16.4. The fraction of sp³-hybridized carbons (Fsp3) is 0.294. The Morgan fingerprint density at radius 3 is 2.46 bits per heavy atom. The molecule has 7 nitrogen and oxygen atoms in total. The summed E-state index contributed by atoms with van der Waals surface area (Å²) in [4.78, 5) is 37.0. The smallest absolute Gasteiger partial charge is 0.323 e. The van der Waals surface area contributed by atoms with Crippen LogP contribution in [0.2, 0.25) is 0 Å². The third-order valence-corrected chi connectivity index (χ3v) is 3.71. The number of aromatic nitrogens is 2. The van der Waals surface area contributed by atoms with Gasteiger partial charge in [0.05, 0.1) is 5.69 Å². The number of benzene rings is 1. The van der Waals surface area contributed by atoms with Crippen LogP contribution >= 0.6 is 0 Å². The molecule has 0 fully saturated rings. The van der Waals surface area contributed by atoms with Gasteiger partial charge in [-0.25, -0.2) is 0 Å². The van der Waals surface area contributed by atoms with Crippen molar-refractivity contribution in [3.63, 3.8) is 0 Å². The predicted octanol–water partition coefficient (Wildman–Crippen LogP) is 1.56. The molecular weight excluding hydrogens is 310 g/mol. The third-order valence-electron chi connectivity index (χ3n) is 3.71. The van der Waals surface area contributed by atoms with Crippen LogP contribution in [0.4, 0.5) is 0 Å². The number of carbonyl (C=O) groups is 2. The first-order chi connectivity index (χ1) is 11.4. The third kappa shape index (κ3) is 3.87. The van der Waals surface area contributed by atoms with Gasteiger partial charge < -0.3 is 10.0 Å². The number of carboxylic acid groups (broad SMARTS) is 1. The molecule has 1 aromatic heterocycles. The summed E-state index contributed by atoms with van der Waals surface area (Å²) in [6, 6.07) is 11.0. The average Bonchev–Trinajstić information content (AvgIpc) is 2.59. The lowest BCUT2D eigenvalue weighted by atomic mass is 10.2. The van der Waals surface area contributed by atoms with Gasteiger partial charge in [0.25, 0.3) is 11.5 Å². The summed E-state index contributed by atoms with van der Waals surface area (Å²) in [5, 5.41) is 13.1. The normalized spacial score (nSPS) is 11.8. The molecule has 126 valence electrons. The molecule has 7 heteroatoms. The van der Waals surface area contributed by atoms with Crippen LogP contribution in [-0.4, -0.2) is 44.3 Å². The molecule has 1 amide bonds. The van der Waals surface area contributed by atoms with Gasteiger partial charge in [0, 0.05) is 12.1 Å². The van der Waals surface area contributed by atoms with E-state index in [-0.39, 0.29) is 17.3 Å². The summed E-state index contributed by atoms with van der Waals surface area (Å²) < 4.78 is 1.13. The Hall–Kier alpha value is -2.96. The molecule has 0 aliphatic heterocycles. The number of amides is 1. The largest absolute Gasteiger partial charge is 0.480 e. The number of carboxylic acids is 1. The Bertz CT molecular complexity index is 786. The topological polar surface area (TPSA) is 92.5 Å². The van der Waals surface area contributed by atoms with E-state index in [0.29, 0.717) is 12.1 Å². The molecule has 0 saturated carbocycles. The first-order valence-electron chi connectivity index (χ1n) is 7.62. The molecule has 2 aromatic rings. The zero-order chi connectivity index (χ0) is 17.7. The predicted molar refractivity (Wildman–Crippen MR) is 88.3 cm³/mol. The highest BCUT2D eigenvalue weighted by Gasteiger charge is 2.24. The van der Waals surface area contributed by atoms with Crippen molar-refractivity contribution >= 4 is 11.9 Å². The lowest BCUT2D eigenvalue weighted by molar-refractivity contribution is -0.138. The molecule has 0 aliphatic carbocycles. The molecule has 1 atom stereocenters. The fourth-order valence-electron chi connectivity index (χ4n) is 2.22. The summed E-state index contributed by atoms with van der Waals surface area (Å²) in [7, 11) is 0. The number of para-hydroxylation sites is 1. The van der Waals surface area contributed by atoms with Gasteiger partial charge in [0.15, 0.2) is 0 Å². The number of rotatable bonds is 6. The summed E-state index contributed by atoms with van der Waals surface area (Å²) >= 11 is 0. The molecule has 2 rings (SSSR count). The molecule has 0 radical (unpaired) electrons. The van der Waals surface area contributed by atoms with Gasteiger partial charge >= 0.3 is 5.97 Å². The number of carbonyl (C=O) groups excluding carboxylic acids is 1. The second kappa shape index (κ2) is 7.54.